The summed E-state index contributed by atoms with van der Waals surface area (Å²) in [5.41, 5.74) is 0.493. The third kappa shape index (κ3) is 3.66. The van der Waals surface area contributed by atoms with E-state index in [1.165, 1.54) is 48.5 Å². The Bertz CT molecular complexity index is 715. The number of fused-ring (bicyclic) bond motifs is 1. The molecule has 0 N–H and O–H groups in total. The maximum absolute atomic E-state index is 5.27. The lowest BCUT2D eigenvalue weighted by Gasteiger charge is -2.41. The zero-order valence-corrected chi connectivity index (χ0v) is 16.1. The molecule has 2 aromatic heterocycles. The van der Waals surface area contributed by atoms with Crippen molar-refractivity contribution in [3.8, 4) is 0 Å². The van der Waals surface area contributed by atoms with Gasteiger partial charge in [0.05, 0.1) is 0 Å². The molecule has 0 aromatic carbocycles. The maximum atomic E-state index is 5.27. The van der Waals surface area contributed by atoms with Crippen LogP contribution in [0.4, 0.5) is 0 Å². The lowest BCUT2D eigenvalue weighted by Crippen LogP contribution is -2.40. The molecule has 0 amide bonds. The molecule has 2 aromatic rings. The number of methoxy groups -OCH3 is 1. The quantitative estimate of drug-likeness (QED) is 0.838. The molecule has 1 fully saturated rings. The zero-order valence-electron chi connectivity index (χ0n) is 15.3. The van der Waals surface area contributed by atoms with Crippen LogP contribution in [0.2, 0.25) is 0 Å². The number of rotatable bonds is 4. The molecule has 6 heteroatoms. The fraction of sp³-hybridized carbons (Fsp3) is 0.684. The summed E-state index contributed by atoms with van der Waals surface area (Å²) in [7, 11) is 1.73. The van der Waals surface area contributed by atoms with E-state index in [1.54, 1.807) is 7.11 Å². The molecule has 2 aliphatic rings. The second-order valence-corrected chi connectivity index (χ2v) is 9.03. The molecular weight excluding hydrogens is 332 g/mol. The molecule has 5 nitrogen and oxygen atoms in total. The molecule has 2 aliphatic heterocycles. The molecule has 0 unspecified atom stereocenters. The SMILES string of the molecule is COCc1nnc2n1CCC1(CC2)CCN(Cc2ccc(C)s2)CC1. The van der Waals surface area contributed by atoms with Crippen molar-refractivity contribution < 1.29 is 4.74 Å². The number of hydrogen-bond donors (Lipinski definition) is 0. The third-order valence-electron chi connectivity index (χ3n) is 6.01. The standard InChI is InChI=1S/C19H28N4OS/c1-15-3-4-16(25-15)13-22-10-7-19(8-11-22)6-5-17-20-21-18(14-24-2)23(17)12-9-19/h3-4H,5-14H2,1-2H3. The van der Waals surface area contributed by atoms with E-state index in [1.807, 2.05) is 11.3 Å². The summed E-state index contributed by atoms with van der Waals surface area (Å²) in [6, 6.07) is 4.53. The number of nitrogens with zero attached hydrogens (tertiary/aromatic N) is 4. The smallest absolute Gasteiger partial charge is 0.159 e. The van der Waals surface area contributed by atoms with Gasteiger partial charge in [-0.2, -0.15) is 0 Å². The van der Waals surface area contributed by atoms with Crippen LogP contribution in [-0.2, 0) is 30.9 Å². The first-order chi connectivity index (χ1) is 12.2. The summed E-state index contributed by atoms with van der Waals surface area (Å²) in [6.07, 6.45) is 6.19. The Hall–Kier alpha value is -1.24. The highest BCUT2D eigenvalue weighted by atomic mass is 32.1. The number of hydrogen-bond acceptors (Lipinski definition) is 5. The van der Waals surface area contributed by atoms with Gasteiger partial charge in [-0.3, -0.25) is 4.90 Å². The van der Waals surface area contributed by atoms with E-state index < -0.39 is 0 Å². The van der Waals surface area contributed by atoms with Crippen molar-refractivity contribution in [1.82, 2.24) is 19.7 Å². The lowest BCUT2D eigenvalue weighted by atomic mass is 9.73. The summed E-state index contributed by atoms with van der Waals surface area (Å²) in [4.78, 5) is 5.56. The lowest BCUT2D eigenvalue weighted by molar-refractivity contribution is 0.0827. The van der Waals surface area contributed by atoms with Gasteiger partial charge in [-0.1, -0.05) is 0 Å². The molecule has 0 radical (unpaired) electrons. The molecule has 25 heavy (non-hydrogen) atoms. The van der Waals surface area contributed by atoms with Gasteiger partial charge < -0.3 is 9.30 Å². The summed E-state index contributed by atoms with van der Waals surface area (Å²) in [5.74, 6) is 2.14. The highest BCUT2D eigenvalue weighted by Gasteiger charge is 2.36. The normalized spacial score (nSPS) is 20.6. The predicted molar refractivity (Wildman–Crippen MR) is 99.7 cm³/mol. The van der Waals surface area contributed by atoms with Crippen molar-refractivity contribution in [2.24, 2.45) is 5.41 Å². The van der Waals surface area contributed by atoms with Crippen LogP contribution in [0.25, 0.3) is 0 Å². The van der Waals surface area contributed by atoms with Gasteiger partial charge in [0, 0.05) is 36.4 Å². The Morgan fingerprint density at radius 2 is 1.92 bits per heavy atom. The Balaban J connectivity index is 1.37. The van der Waals surface area contributed by atoms with Crippen molar-refractivity contribution >= 4 is 11.3 Å². The summed E-state index contributed by atoms with van der Waals surface area (Å²) in [6.45, 7) is 7.38. The van der Waals surface area contributed by atoms with Gasteiger partial charge in [0.1, 0.15) is 12.4 Å². The van der Waals surface area contributed by atoms with Crippen LogP contribution < -0.4 is 0 Å². The highest BCUT2D eigenvalue weighted by Crippen LogP contribution is 2.42. The van der Waals surface area contributed by atoms with Crippen LogP contribution >= 0.6 is 11.3 Å². The monoisotopic (exact) mass is 360 g/mol. The van der Waals surface area contributed by atoms with E-state index in [0.29, 0.717) is 12.0 Å². The van der Waals surface area contributed by atoms with Crippen LogP contribution in [0.3, 0.4) is 0 Å². The van der Waals surface area contributed by atoms with Crippen molar-refractivity contribution in [1.29, 1.82) is 0 Å². The highest BCUT2D eigenvalue weighted by molar-refractivity contribution is 7.11. The molecule has 0 atom stereocenters. The van der Waals surface area contributed by atoms with Gasteiger partial charge >= 0.3 is 0 Å². The van der Waals surface area contributed by atoms with Crippen LogP contribution in [-0.4, -0.2) is 39.9 Å². The van der Waals surface area contributed by atoms with Crippen molar-refractivity contribution in [2.45, 2.75) is 58.7 Å². The van der Waals surface area contributed by atoms with E-state index in [9.17, 15) is 0 Å². The molecule has 0 aliphatic carbocycles. The number of ether oxygens (including phenoxy) is 1. The number of thiophene rings is 1. The van der Waals surface area contributed by atoms with Gasteiger partial charge in [-0.25, -0.2) is 0 Å². The van der Waals surface area contributed by atoms with Crippen LogP contribution in [0, 0.1) is 12.3 Å². The van der Waals surface area contributed by atoms with E-state index in [0.717, 1.165) is 31.2 Å². The predicted octanol–water partition coefficient (Wildman–Crippen LogP) is 3.41. The van der Waals surface area contributed by atoms with Gasteiger partial charge in [-0.15, -0.1) is 21.5 Å². The second kappa shape index (κ2) is 7.17. The van der Waals surface area contributed by atoms with Crippen LogP contribution in [0.5, 0.6) is 0 Å². The molecule has 4 rings (SSSR count). The minimum Gasteiger partial charge on any atom is -0.377 e. The number of aryl methyl sites for hydroxylation is 2. The van der Waals surface area contributed by atoms with Gasteiger partial charge in [-0.05, 0) is 63.2 Å². The Kier molecular flexibility index (Phi) is 4.93. The summed E-state index contributed by atoms with van der Waals surface area (Å²) < 4.78 is 7.58. The van der Waals surface area contributed by atoms with Crippen LogP contribution in [0.1, 0.15) is 47.1 Å². The molecule has 0 bridgehead atoms. The first kappa shape index (κ1) is 17.2. The fourth-order valence-electron chi connectivity index (χ4n) is 4.38. The molecular formula is C19H28N4OS. The van der Waals surface area contributed by atoms with Crippen molar-refractivity contribution in [3.05, 3.63) is 33.5 Å². The van der Waals surface area contributed by atoms with E-state index in [-0.39, 0.29) is 0 Å². The topological polar surface area (TPSA) is 43.2 Å². The van der Waals surface area contributed by atoms with Crippen molar-refractivity contribution in [3.63, 3.8) is 0 Å². The largest absolute Gasteiger partial charge is 0.377 e. The Morgan fingerprint density at radius 3 is 2.64 bits per heavy atom. The van der Waals surface area contributed by atoms with Gasteiger partial charge in [0.2, 0.25) is 0 Å². The van der Waals surface area contributed by atoms with E-state index in [2.05, 4.69) is 38.7 Å². The molecule has 0 saturated carbocycles. The average Bonchev–Trinajstić information content (AvgIpc) is 3.15. The van der Waals surface area contributed by atoms with Gasteiger partial charge in [0.15, 0.2) is 5.82 Å². The van der Waals surface area contributed by atoms with E-state index in [4.69, 9.17) is 4.74 Å². The summed E-state index contributed by atoms with van der Waals surface area (Å²) in [5, 5.41) is 8.71. The molecule has 4 heterocycles. The Morgan fingerprint density at radius 1 is 1.12 bits per heavy atom. The minimum absolute atomic E-state index is 0.493. The van der Waals surface area contributed by atoms with Gasteiger partial charge in [0.25, 0.3) is 0 Å². The Labute approximate surface area is 154 Å². The summed E-state index contributed by atoms with van der Waals surface area (Å²) >= 11 is 1.94. The first-order valence-corrected chi connectivity index (χ1v) is 10.2. The fourth-order valence-corrected chi connectivity index (χ4v) is 5.31. The first-order valence-electron chi connectivity index (χ1n) is 9.35. The second-order valence-electron chi connectivity index (χ2n) is 7.66. The third-order valence-corrected chi connectivity index (χ3v) is 7.00. The molecule has 1 saturated heterocycles. The molecule has 1 spiro atoms. The average molecular weight is 361 g/mol. The van der Waals surface area contributed by atoms with Crippen LogP contribution in [0.15, 0.2) is 12.1 Å². The molecule has 136 valence electrons. The minimum atomic E-state index is 0.493. The number of likely N-dealkylation sites (tertiary alicyclic amines) is 1. The maximum Gasteiger partial charge on any atom is 0.159 e. The number of piperidine rings is 1. The zero-order chi connectivity index (χ0) is 17.3. The number of aromatic nitrogens is 3. The van der Waals surface area contributed by atoms with Crippen molar-refractivity contribution in [2.75, 3.05) is 20.2 Å². The van der Waals surface area contributed by atoms with E-state index >= 15 is 0 Å².